The van der Waals surface area contributed by atoms with Crippen molar-refractivity contribution in [2.45, 2.75) is 39.2 Å². The van der Waals surface area contributed by atoms with E-state index in [0.29, 0.717) is 23.1 Å². The molecule has 4 aromatic rings. The zero-order valence-corrected chi connectivity index (χ0v) is 19.5. The normalized spacial score (nSPS) is 15.2. The molecule has 1 unspecified atom stereocenters. The second-order valence-corrected chi connectivity index (χ2v) is 9.08. The number of aromatic nitrogens is 2. The second-order valence-electron chi connectivity index (χ2n) is 8.04. The second kappa shape index (κ2) is 8.98. The molecule has 0 fully saturated rings. The molecule has 0 saturated carbocycles. The molecule has 1 aliphatic heterocycles. The van der Waals surface area contributed by atoms with Gasteiger partial charge in [0.15, 0.2) is 5.43 Å². The monoisotopic (exact) mass is 479 g/mol. The number of halogens is 1. The highest BCUT2D eigenvalue weighted by Crippen LogP contribution is 2.42. The summed E-state index contributed by atoms with van der Waals surface area (Å²) in [5.74, 6) is -0.482. The Morgan fingerprint density at radius 3 is 2.76 bits per heavy atom. The van der Waals surface area contributed by atoms with Gasteiger partial charge in [0.25, 0.3) is 5.91 Å². The number of amides is 1. The molecule has 2 aromatic carbocycles. The van der Waals surface area contributed by atoms with Gasteiger partial charge in [-0.15, -0.1) is 10.2 Å². The molecule has 0 aliphatic carbocycles. The first-order valence-corrected chi connectivity index (χ1v) is 12.0. The molecule has 174 valence electrons. The van der Waals surface area contributed by atoms with E-state index in [-0.39, 0.29) is 22.3 Å². The predicted molar refractivity (Wildman–Crippen MR) is 127 cm³/mol. The SMILES string of the molecule is CCCOc1cccc(C2c3c(oc4ccc(F)cc4c3=O)C(=O)N2c2nnc(CCC)s2)c1. The predicted octanol–water partition coefficient (Wildman–Crippen LogP) is 5.27. The van der Waals surface area contributed by atoms with Gasteiger partial charge in [0.05, 0.1) is 23.6 Å². The molecule has 1 amide bonds. The van der Waals surface area contributed by atoms with Crippen molar-refractivity contribution in [3.8, 4) is 5.75 Å². The quantitative estimate of drug-likeness (QED) is 0.359. The minimum Gasteiger partial charge on any atom is -0.494 e. The van der Waals surface area contributed by atoms with Gasteiger partial charge in [-0.05, 0) is 48.7 Å². The Morgan fingerprint density at radius 2 is 1.97 bits per heavy atom. The fourth-order valence-corrected chi connectivity index (χ4v) is 5.08. The Kier molecular flexibility index (Phi) is 5.87. The van der Waals surface area contributed by atoms with E-state index in [1.165, 1.54) is 28.4 Å². The van der Waals surface area contributed by atoms with Crippen LogP contribution >= 0.6 is 11.3 Å². The maximum absolute atomic E-state index is 14.0. The first-order chi connectivity index (χ1) is 16.5. The minimum atomic E-state index is -0.806. The van der Waals surface area contributed by atoms with Crippen molar-refractivity contribution in [3.05, 3.63) is 80.4 Å². The number of hydrogen-bond donors (Lipinski definition) is 0. The van der Waals surface area contributed by atoms with Gasteiger partial charge < -0.3 is 9.15 Å². The minimum absolute atomic E-state index is 0.0683. The summed E-state index contributed by atoms with van der Waals surface area (Å²) in [5.41, 5.74) is 0.525. The number of ether oxygens (including phenoxy) is 1. The average Bonchev–Trinajstić information content (AvgIpc) is 3.41. The number of fused-ring (bicyclic) bond motifs is 2. The van der Waals surface area contributed by atoms with E-state index in [4.69, 9.17) is 9.15 Å². The highest BCUT2D eigenvalue weighted by atomic mass is 32.1. The molecule has 34 heavy (non-hydrogen) atoms. The van der Waals surface area contributed by atoms with Crippen LogP contribution < -0.4 is 15.1 Å². The van der Waals surface area contributed by atoms with E-state index >= 15 is 0 Å². The van der Waals surface area contributed by atoms with Crippen LogP contribution in [0.15, 0.2) is 51.7 Å². The topological polar surface area (TPSA) is 85.5 Å². The highest BCUT2D eigenvalue weighted by molar-refractivity contribution is 7.15. The number of rotatable bonds is 7. The van der Waals surface area contributed by atoms with Gasteiger partial charge >= 0.3 is 0 Å². The third-order valence-electron chi connectivity index (χ3n) is 5.60. The molecule has 0 bridgehead atoms. The largest absolute Gasteiger partial charge is 0.494 e. The number of carbonyl (C=O) groups excluding carboxylic acids is 1. The smallest absolute Gasteiger partial charge is 0.297 e. The van der Waals surface area contributed by atoms with Crippen LogP contribution in [-0.2, 0) is 6.42 Å². The zero-order chi connectivity index (χ0) is 23.8. The Balaban J connectivity index is 1.72. The molecule has 3 heterocycles. The molecule has 2 aromatic heterocycles. The molecular formula is C25H22FN3O4S. The fourth-order valence-electron chi connectivity index (χ4n) is 4.11. The Hall–Kier alpha value is -3.59. The molecule has 0 N–H and O–H groups in total. The fraction of sp³-hybridized carbons (Fsp3) is 0.280. The van der Waals surface area contributed by atoms with Crippen LogP contribution in [0.1, 0.15) is 59.4 Å². The van der Waals surface area contributed by atoms with Gasteiger partial charge in [-0.3, -0.25) is 14.5 Å². The van der Waals surface area contributed by atoms with Gasteiger partial charge in [0.1, 0.15) is 22.2 Å². The van der Waals surface area contributed by atoms with Crippen LogP contribution in [-0.4, -0.2) is 22.7 Å². The Bertz CT molecular complexity index is 1450. The van der Waals surface area contributed by atoms with Gasteiger partial charge in [-0.1, -0.05) is 37.3 Å². The summed E-state index contributed by atoms with van der Waals surface area (Å²) in [6.45, 7) is 4.59. The van der Waals surface area contributed by atoms with E-state index in [0.717, 1.165) is 30.3 Å². The van der Waals surface area contributed by atoms with Crippen molar-refractivity contribution in [1.29, 1.82) is 0 Å². The molecular weight excluding hydrogens is 457 g/mol. The lowest BCUT2D eigenvalue weighted by Gasteiger charge is -2.22. The number of carbonyl (C=O) groups is 1. The summed E-state index contributed by atoms with van der Waals surface area (Å²) in [7, 11) is 0. The van der Waals surface area contributed by atoms with Crippen molar-refractivity contribution in [3.63, 3.8) is 0 Å². The number of nitrogens with zero attached hydrogens (tertiary/aromatic N) is 3. The van der Waals surface area contributed by atoms with Crippen LogP contribution in [0.3, 0.4) is 0 Å². The van der Waals surface area contributed by atoms with E-state index in [2.05, 4.69) is 10.2 Å². The third-order valence-corrected chi connectivity index (χ3v) is 6.59. The first kappa shape index (κ1) is 22.2. The van der Waals surface area contributed by atoms with Gasteiger partial charge in [-0.2, -0.15) is 0 Å². The van der Waals surface area contributed by atoms with Crippen LogP contribution in [0.25, 0.3) is 11.0 Å². The Labute approximate surface area is 198 Å². The summed E-state index contributed by atoms with van der Waals surface area (Å²) in [6.07, 6.45) is 2.46. The van der Waals surface area contributed by atoms with E-state index in [1.807, 2.05) is 32.0 Å². The van der Waals surface area contributed by atoms with Gasteiger partial charge in [-0.25, -0.2) is 4.39 Å². The first-order valence-electron chi connectivity index (χ1n) is 11.2. The number of hydrogen-bond acceptors (Lipinski definition) is 7. The van der Waals surface area contributed by atoms with Crippen LogP contribution in [0.2, 0.25) is 0 Å². The van der Waals surface area contributed by atoms with Crippen molar-refractivity contribution >= 4 is 33.3 Å². The molecule has 1 atom stereocenters. The van der Waals surface area contributed by atoms with Crippen molar-refractivity contribution < 1.29 is 18.3 Å². The maximum atomic E-state index is 14.0. The van der Waals surface area contributed by atoms with Crippen molar-refractivity contribution in [1.82, 2.24) is 10.2 Å². The summed E-state index contributed by atoms with van der Waals surface area (Å²) in [4.78, 5) is 28.6. The van der Waals surface area contributed by atoms with E-state index in [9.17, 15) is 14.0 Å². The van der Waals surface area contributed by atoms with Crippen LogP contribution in [0.5, 0.6) is 5.75 Å². The Morgan fingerprint density at radius 1 is 1.12 bits per heavy atom. The van der Waals surface area contributed by atoms with Crippen LogP contribution in [0.4, 0.5) is 9.52 Å². The lowest BCUT2D eigenvalue weighted by atomic mass is 9.98. The van der Waals surface area contributed by atoms with E-state index in [1.54, 1.807) is 6.07 Å². The highest BCUT2D eigenvalue weighted by Gasteiger charge is 2.45. The van der Waals surface area contributed by atoms with Crippen molar-refractivity contribution in [2.75, 3.05) is 11.5 Å². The maximum Gasteiger partial charge on any atom is 0.297 e. The molecule has 7 nitrogen and oxygen atoms in total. The summed E-state index contributed by atoms with van der Waals surface area (Å²) in [5, 5.41) is 9.72. The average molecular weight is 480 g/mol. The molecule has 5 rings (SSSR count). The van der Waals surface area contributed by atoms with E-state index < -0.39 is 23.2 Å². The molecule has 0 radical (unpaired) electrons. The van der Waals surface area contributed by atoms with Gasteiger partial charge in [0, 0.05) is 6.42 Å². The van der Waals surface area contributed by atoms with Gasteiger partial charge in [0.2, 0.25) is 10.9 Å². The number of aryl methyl sites for hydroxylation is 1. The summed E-state index contributed by atoms with van der Waals surface area (Å²) in [6, 6.07) is 10.1. The number of anilines is 1. The zero-order valence-electron chi connectivity index (χ0n) is 18.7. The van der Waals surface area contributed by atoms with Crippen molar-refractivity contribution in [2.24, 2.45) is 0 Å². The third kappa shape index (κ3) is 3.75. The molecule has 0 saturated heterocycles. The summed E-state index contributed by atoms with van der Waals surface area (Å²) >= 11 is 1.31. The van der Waals surface area contributed by atoms with Crippen LogP contribution in [0, 0.1) is 5.82 Å². The standard InChI is InChI=1S/C25H22FN3O4S/c1-3-6-19-27-28-25(34-19)29-21(14-7-5-8-16(12-14)32-11-4-2)20-22(30)17-13-15(26)9-10-18(17)33-23(20)24(29)31/h5,7-10,12-13,21H,3-4,6,11H2,1-2H3. The molecule has 0 spiro atoms. The summed E-state index contributed by atoms with van der Waals surface area (Å²) < 4.78 is 25.6. The molecule has 1 aliphatic rings. The molecule has 9 heteroatoms. The lowest BCUT2D eigenvalue weighted by molar-refractivity contribution is 0.0970. The lowest BCUT2D eigenvalue weighted by Crippen LogP contribution is -2.29. The number of benzene rings is 2.